The molecule has 1 aliphatic carbocycles. The third kappa shape index (κ3) is 3.32. The van der Waals surface area contributed by atoms with Crippen LogP contribution in [0.2, 0.25) is 0 Å². The highest BCUT2D eigenvalue weighted by Crippen LogP contribution is 2.27. The minimum absolute atomic E-state index is 0.704. The van der Waals surface area contributed by atoms with Gasteiger partial charge in [0.25, 0.3) is 0 Å². The predicted octanol–water partition coefficient (Wildman–Crippen LogP) is 3.40. The second-order valence-corrected chi connectivity index (χ2v) is 6.82. The second kappa shape index (κ2) is 6.93. The Kier molecular flexibility index (Phi) is 4.97. The van der Waals surface area contributed by atoms with Crippen molar-refractivity contribution in [2.24, 2.45) is 0 Å². The number of rotatable bonds is 4. The van der Waals surface area contributed by atoms with Crippen molar-refractivity contribution in [3.8, 4) is 0 Å². The molecule has 2 heteroatoms. The van der Waals surface area contributed by atoms with Crippen LogP contribution in [-0.4, -0.2) is 36.1 Å². The third-order valence-electron chi connectivity index (χ3n) is 5.44. The zero-order valence-corrected chi connectivity index (χ0v) is 13.6. The van der Waals surface area contributed by atoms with E-state index < -0.39 is 0 Å². The fraction of sp³-hybridized carbons (Fsp3) is 0.684. The van der Waals surface area contributed by atoms with E-state index in [1.807, 2.05) is 0 Å². The molecule has 0 radical (unpaired) electrons. The summed E-state index contributed by atoms with van der Waals surface area (Å²) in [5, 5.41) is 3.77. The average Bonchev–Trinajstić information content (AvgIpc) is 2.54. The second-order valence-electron chi connectivity index (χ2n) is 6.82. The molecule has 2 nitrogen and oxygen atoms in total. The summed E-state index contributed by atoms with van der Waals surface area (Å²) in [5.41, 5.74) is 3.18. The first-order chi connectivity index (χ1) is 10.3. The topological polar surface area (TPSA) is 15.3 Å². The molecule has 1 heterocycles. The molecular weight excluding hydrogens is 256 g/mol. The number of nitrogens with zero attached hydrogens (tertiary/aromatic N) is 1. The summed E-state index contributed by atoms with van der Waals surface area (Å²) in [6.07, 6.45) is 7.73. The zero-order chi connectivity index (χ0) is 14.7. The number of hydrogen-bond donors (Lipinski definition) is 1. The lowest BCUT2D eigenvalue weighted by Gasteiger charge is -2.46. The smallest absolute Gasteiger partial charge is 0.0221 e. The summed E-state index contributed by atoms with van der Waals surface area (Å²) in [7, 11) is 0. The summed E-state index contributed by atoms with van der Waals surface area (Å²) < 4.78 is 0. The molecule has 1 fully saturated rings. The fourth-order valence-corrected chi connectivity index (χ4v) is 4.22. The van der Waals surface area contributed by atoms with E-state index in [1.54, 1.807) is 11.1 Å². The van der Waals surface area contributed by atoms with Crippen LogP contribution in [0.25, 0.3) is 0 Å². The normalized spacial score (nSPS) is 30.1. The van der Waals surface area contributed by atoms with Crippen LogP contribution in [0.1, 0.15) is 50.7 Å². The molecule has 0 saturated carbocycles. The summed E-state index contributed by atoms with van der Waals surface area (Å²) in [6, 6.07) is 11.2. The molecular formula is C19H30N2. The maximum absolute atomic E-state index is 3.77. The fourth-order valence-electron chi connectivity index (χ4n) is 4.22. The van der Waals surface area contributed by atoms with Crippen LogP contribution in [-0.2, 0) is 12.8 Å². The van der Waals surface area contributed by atoms with Crippen LogP contribution in [0.15, 0.2) is 24.3 Å². The van der Waals surface area contributed by atoms with E-state index >= 15 is 0 Å². The van der Waals surface area contributed by atoms with E-state index in [9.17, 15) is 0 Å². The van der Waals surface area contributed by atoms with Crippen molar-refractivity contribution in [2.45, 2.75) is 70.5 Å². The van der Waals surface area contributed by atoms with Gasteiger partial charge in [-0.2, -0.15) is 0 Å². The van der Waals surface area contributed by atoms with Crippen molar-refractivity contribution in [3.05, 3.63) is 35.4 Å². The molecule has 1 saturated heterocycles. The quantitative estimate of drug-likeness (QED) is 0.912. The van der Waals surface area contributed by atoms with E-state index in [1.165, 1.54) is 51.6 Å². The van der Waals surface area contributed by atoms with E-state index in [-0.39, 0.29) is 0 Å². The minimum atomic E-state index is 0.704. The van der Waals surface area contributed by atoms with E-state index in [2.05, 4.69) is 48.3 Å². The van der Waals surface area contributed by atoms with Gasteiger partial charge in [0.05, 0.1) is 0 Å². The molecule has 21 heavy (non-hydrogen) atoms. The summed E-state index contributed by atoms with van der Waals surface area (Å²) >= 11 is 0. The van der Waals surface area contributed by atoms with Crippen LogP contribution >= 0.6 is 0 Å². The molecule has 1 aromatic carbocycles. The van der Waals surface area contributed by atoms with E-state index in [4.69, 9.17) is 0 Å². The lowest BCUT2D eigenvalue weighted by atomic mass is 9.86. The third-order valence-corrected chi connectivity index (χ3v) is 5.44. The van der Waals surface area contributed by atoms with E-state index in [0.29, 0.717) is 6.04 Å². The van der Waals surface area contributed by atoms with Crippen LogP contribution in [0.5, 0.6) is 0 Å². The maximum Gasteiger partial charge on any atom is 0.0221 e. The van der Waals surface area contributed by atoms with Gasteiger partial charge < -0.3 is 5.32 Å². The van der Waals surface area contributed by atoms with Crippen molar-refractivity contribution in [1.29, 1.82) is 0 Å². The molecule has 0 aromatic heterocycles. The van der Waals surface area contributed by atoms with E-state index in [0.717, 1.165) is 12.1 Å². The van der Waals surface area contributed by atoms with Gasteiger partial charge in [-0.15, -0.1) is 0 Å². The molecule has 3 unspecified atom stereocenters. The van der Waals surface area contributed by atoms with Gasteiger partial charge in [0, 0.05) is 31.2 Å². The summed E-state index contributed by atoms with van der Waals surface area (Å²) in [4.78, 5) is 2.84. The van der Waals surface area contributed by atoms with Gasteiger partial charge in [-0.3, -0.25) is 4.90 Å². The lowest BCUT2D eigenvalue weighted by molar-refractivity contribution is 0.0690. The Morgan fingerprint density at radius 1 is 1.19 bits per heavy atom. The Balaban J connectivity index is 1.71. The Labute approximate surface area is 129 Å². The van der Waals surface area contributed by atoms with Gasteiger partial charge in [0.2, 0.25) is 0 Å². The van der Waals surface area contributed by atoms with Gasteiger partial charge in [0.15, 0.2) is 0 Å². The van der Waals surface area contributed by atoms with Crippen molar-refractivity contribution >= 4 is 0 Å². The summed E-state index contributed by atoms with van der Waals surface area (Å²) in [6.45, 7) is 7.07. The molecule has 1 aliphatic heterocycles. The first-order valence-electron chi connectivity index (χ1n) is 8.87. The average molecular weight is 286 g/mol. The Bertz CT molecular complexity index is 457. The largest absolute Gasteiger partial charge is 0.311 e. The molecule has 2 aliphatic rings. The highest BCUT2D eigenvalue weighted by atomic mass is 15.3. The predicted molar refractivity (Wildman–Crippen MR) is 89.7 cm³/mol. The van der Waals surface area contributed by atoms with Crippen molar-refractivity contribution < 1.29 is 0 Å². The number of piperazine rings is 1. The first-order valence-corrected chi connectivity index (χ1v) is 8.87. The van der Waals surface area contributed by atoms with Gasteiger partial charge in [0.1, 0.15) is 0 Å². The lowest BCUT2D eigenvalue weighted by Crippen LogP contribution is -2.60. The Morgan fingerprint density at radius 3 is 2.76 bits per heavy atom. The maximum atomic E-state index is 3.77. The monoisotopic (exact) mass is 286 g/mol. The van der Waals surface area contributed by atoms with Crippen molar-refractivity contribution in [2.75, 3.05) is 13.1 Å². The van der Waals surface area contributed by atoms with Gasteiger partial charge >= 0.3 is 0 Å². The summed E-state index contributed by atoms with van der Waals surface area (Å²) in [5.74, 6) is 0. The Morgan fingerprint density at radius 2 is 2.00 bits per heavy atom. The molecule has 1 aromatic rings. The standard InChI is InChI=1S/C19H30N2/c1-3-7-17-14-21(18(4-2)13-20-17)19-11-10-15-8-5-6-9-16(15)12-19/h5-6,8-9,17-20H,3-4,7,10-14H2,1-2H3. The molecule has 3 atom stereocenters. The Hall–Kier alpha value is -0.860. The number of benzene rings is 1. The SMILES string of the molecule is CCCC1CN(C2CCc3ccccc3C2)C(CC)CN1. The molecule has 0 amide bonds. The van der Waals surface area contributed by atoms with Crippen molar-refractivity contribution in [1.82, 2.24) is 10.2 Å². The molecule has 116 valence electrons. The van der Waals surface area contributed by atoms with Crippen LogP contribution in [0.4, 0.5) is 0 Å². The number of fused-ring (bicyclic) bond motifs is 1. The van der Waals surface area contributed by atoms with Gasteiger partial charge in [-0.1, -0.05) is 44.5 Å². The van der Waals surface area contributed by atoms with Crippen LogP contribution in [0, 0.1) is 0 Å². The van der Waals surface area contributed by atoms with Crippen LogP contribution < -0.4 is 5.32 Å². The number of aryl methyl sites for hydroxylation is 1. The van der Waals surface area contributed by atoms with Crippen molar-refractivity contribution in [3.63, 3.8) is 0 Å². The highest BCUT2D eigenvalue weighted by Gasteiger charge is 2.33. The molecule has 0 bridgehead atoms. The first kappa shape index (κ1) is 15.1. The zero-order valence-electron chi connectivity index (χ0n) is 13.6. The number of nitrogens with one attached hydrogen (secondary N) is 1. The van der Waals surface area contributed by atoms with Gasteiger partial charge in [-0.05, 0) is 43.2 Å². The highest BCUT2D eigenvalue weighted by molar-refractivity contribution is 5.30. The minimum Gasteiger partial charge on any atom is -0.311 e. The van der Waals surface area contributed by atoms with Crippen LogP contribution in [0.3, 0.4) is 0 Å². The van der Waals surface area contributed by atoms with Gasteiger partial charge in [-0.25, -0.2) is 0 Å². The molecule has 3 rings (SSSR count). The number of hydrogen-bond acceptors (Lipinski definition) is 2. The molecule has 0 spiro atoms. The molecule has 1 N–H and O–H groups in total.